The van der Waals surface area contributed by atoms with Gasteiger partial charge >= 0.3 is 0 Å². The topological polar surface area (TPSA) is 15.3 Å². The summed E-state index contributed by atoms with van der Waals surface area (Å²) in [4.78, 5) is 2.20. The molecular formula is C9H16N2. The van der Waals surface area contributed by atoms with Gasteiger partial charge in [-0.25, -0.2) is 0 Å². The van der Waals surface area contributed by atoms with Crippen molar-refractivity contribution in [3.05, 3.63) is 23.9 Å². The normalized spacial score (nSPS) is 16.5. The molecule has 2 nitrogen and oxygen atoms in total. The minimum atomic E-state index is 0.985. The van der Waals surface area contributed by atoms with Gasteiger partial charge in [0.2, 0.25) is 0 Å². The summed E-state index contributed by atoms with van der Waals surface area (Å²) in [6.45, 7) is 2.10. The van der Waals surface area contributed by atoms with Crippen molar-refractivity contribution >= 4 is 0 Å². The summed E-state index contributed by atoms with van der Waals surface area (Å²) in [5, 5.41) is 3.32. The largest absolute Gasteiger partial charge is 0.385 e. The number of rotatable bonds is 3. The van der Waals surface area contributed by atoms with E-state index >= 15 is 0 Å². The molecule has 0 aliphatic carbocycles. The monoisotopic (exact) mass is 152 g/mol. The third kappa shape index (κ3) is 3.23. The molecule has 1 N–H and O–H groups in total. The van der Waals surface area contributed by atoms with Gasteiger partial charge in [-0.3, -0.25) is 0 Å². The zero-order valence-corrected chi connectivity index (χ0v) is 7.30. The SMILES string of the molecule is CN(C)CCC1=CC=CCN1. The van der Waals surface area contributed by atoms with Crippen LogP contribution in [0.25, 0.3) is 0 Å². The van der Waals surface area contributed by atoms with Crippen molar-refractivity contribution in [1.29, 1.82) is 0 Å². The molecule has 0 aromatic rings. The van der Waals surface area contributed by atoms with Gasteiger partial charge in [0, 0.05) is 18.8 Å². The minimum Gasteiger partial charge on any atom is -0.385 e. The zero-order chi connectivity index (χ0) is 8.10. The van der Waals surface area contributed by atoms with Gasteiger partial charge in [-0.15, -0.1) is 0 Å². The smallest absolute Gasteiger partial charge is 0.0330 e. The van der Waals surface area contributed by atoms with Crippen molar-refractivity contribution < 1.29 is 0 Å². The van der Waals surface area contributed by atoms with Crippen LogP contribution in [0.3, 0.4) is 0 Å². The van der Waals surface area contributed by atoms with E-state index in [4.69, 9.17) is 0 Å². The molecule has 0 atom stereocenters. The highest BCUT2D eigenvalue weighted by Crippen LogP contribution is 2.01. The molecule has 0 aromatic carbocycles. The van der Waals surface area contributed by atoms with Gasteiger partial charge in [-0.1, -0.05) is 12.2 Å². The highest BCUT2D eigenvalue weighted by Gasteiger charge is 1.97. The lowest BCUT2D eigenvalue weighted by molar-refractivity contribution is 0.409. The summed E-state index contributed by atoms with van der Waals surface area (Å²) in [6.07, 6.45) is 7.50. The van der Waals surface area contributed by atoms with Gasteiger partial charge in [0.15, 0.2) is 0 Å². The molecule has 1 rings (SSSR count). The molecule has 0 aromatic heterocycles. The van der Waals surface area contributed by atoms with Gasteiger partial charge in [0.05, 0.1) is 0 Å². The molecular weight excluding hydrogens is 136 g/mol. The number of hydrogen-bond donors (Lipinski definition) is 1. The van der Waals surface area contributed by atoms with Gasteiger partial charge in [0.1, 0.15) is 0 Å². The van der Waals surface area contributed by atoms with Crippen LogP contribution in [-0.2, 0) is 0 Å². The fourth-order valence-corrected chi connectivity index (χ4v) is 1.02. The lowest BCUT2D eigenvalue weighted by atomic mass is 10.2. The molecule has 0 amide bonds. The molecule has 0 radical (unpaired) electrons. The van der Waals surface area contributed by atoms with E-state index < -0.39 is 0 Å². The number of hydrogen-bond acceptors (Lipinski definition) is 2. The second-order valence-electron chi connectivity index (χ2n) is 3.05. The third-order valence-corrected chi connectivity index (χ3v) is 1.71. The highest BCUT2D eigenvalue weighted by atomic mass is 15.1. The number of nitrogens with one attached hydrogen (secondary N) is 1. The number of allylic oxidation sites excluding steroid dienone is 2. The Bertz CT molecular complexity index is 168. The molecule has 1 heterocycles. The quantitative estimate of drug-likeness (QED) is 0.648. The number of nitrogens with zero attached hydrogens (tertiary/aromatic N) is 1. The van der Waals surface area contributed by atoms with Crippen molar-refractivity contribution in [2.75, 3.05) is 27.2 Å². The molecule has 11 heavy (non-hydrogen) atoms. The van der Waals surface area contributed by atoms with Crippen LogP contribution < -0.4 is 5.32 Å². The van der Waals surface area contributed by atoms with Crippen molar-refractivity contribution in [2.45, 2.75) is 6.42 Å². The Morgan fingerprint density at radius 2 is 2.36 bits per heavy atom. The average Bonchev–Trinajstić information content (AvgIpc) is 2.03. The van der Waals surface area contributed by atoms with Crippen LogP contribution in [0.4, 0.5) is 0 Å². The van der Waals surface area contributed by atoms with Gasteiger partial charge < -0.3 is 10.2 Å². The van der Waals surface area contributed by atoms with E-state index in [0.717, 1.165) is 19.5 Å². The van der Waals surface area contributed by atoms with Crippen LogP contribution in [0, 0.1) is 0 Å². The van der Waals surface area contributed by atoms with E-state index in [-0.39, 0.29) is 0 Å². The Morgan fingerprint density at radius 3 is 2.91 bits per heavy atom. The lowest BCUT2D eigenvalue weighted by Gasteiger charge is -2.14. The molecule has 1 aliphatic rings. The molecule has 0 spiro atoms. The fourth-order valence-electron chi connectivity index (χ4n) is 1.02. The van der Waals surface area contributed by atoms with E-state index in [1.54, 1.807) is 0 Å². The van der Waals surface area contributed by atoms with Crippen molar-refractivity contribution in [2.24, 2.45) is 0 Å². The third-order valence-electron chi connectivity index (χ3n) is 1.71. The molecule has 1 aliphatic heterocycles. The molecule has 0 saturated heterocycles. The minimum absolute atomic E-state index is 0.985. The van der Waals surface area contributed by atoms with E-state index in [1.165, 1.54) is 5.70 Å². The second-order valence-corrected chi connectivity index (χ2v) is 3.05. The maximum absolute atomic E-state index is 3.32. The van der Waals surface area contributed by atoms with Crippen LogP contribution in [0.2, 0.25) is 0 Å². The van der Waals surface area contributed by atoms with Crippen molar-refractivity contribution in [3.8, 4) is 0 Å². The highest BCUT2D eigenvalue weighted by molar-refractivity contribution is 5.16. The predicted octanol–water partition coefficient (Wildman–Crippen LogP) is 0.981. The summed E-state index contributed by atoms with van der Waals surface area (Å²) in [7, 11) is 4.19. The van der Waals surface area contributed by atoms with E-state index in [2.05, 4.69) is 42.5 Å². The summed E-state index contributed by atoms with van der Waals surface area (Å²) in [6, 6.07) is 0. The Labute approximate surface area is 68.6 Å². The van der Waals surface area contributed by atoms with Crippen molar-refractivity contribution in [1.82, 2.24) is 10.2 Å². The van der Waals surface area contributed by atoms with Crippen LogP contribution in [0.1, 0.15) is 6.42 Å². The van der Waals surface area contributed by atoms with Gasteiger partial charge in [-0.05, 0) is 26.6 Å². The van der Waals surface area contributed by atoms with Gasteiger partial charge in [0.25, 0.3) is 0 Å². The Kier molecular flexibility index (Phi) is 3.17. The molecule has 2 heteroatoms. The second kappa shape index (κ2) is 4.19. The maximum atomic E-state index is 3.32. The van der Waals surface area contributed by atoms with E-state index in [9.17, 15) is 0 Å². The zero-order valence-electron chi connectivity index (χ0n) is 7.30. The summed E-state index contributed by atoms with van der Waals surface area (Å²) in [5.41, 5.74) is 1.35. The lowest BCUT2D eigenvalue weighted by Crippen LogP contribution is -2.21. The molecule has 0 saturated carbocycles. The van der Waals surface area contributed by atoms with Crippen LogP contribution in [-0.4, -0.2) is 32.1 Å². The summed E-state index contributed by atoms with van der Waals surface area (Å²) >= 11 is 0. The Morgan fingerprint density at radius 1 is 1.55 bits per heavy atom. The van der Waals surface area contributed by atoms with Crippen molar-refractivity contribution in [3.63, 3.8) is 0 Å². The van der Waals surface area contributed by atoms with Crippen LogP contribution in [0.5, 0.6) is 0 Å². The maximum Gasteiger partial charge on any atom is 0.0330 e. The molecule has 0 unspecified atom stereocenters. The molecule has 0 bridgehead atoms. The molecule has 0 fully saturated rings. The first kappa shape index (κ1) is 8.34. The van der Waals surface area contributed by atoms with Crippen LogP contribution >= 0.6 is 0 Å². The molecule has 62 valence electrons. The standard InChI is InChI=1S/C9H16N2/c1-11(2)8-6-9-5-3-4-7-10-9/h3-5,10H,6-8H2,1-2H3. The first-order valence-electron chi connectivity index (χ1n) is 4.03. The van der Waals surface area contributed by atoms with E-state index in [1.807, 2.05) is 0 Å². The first-order chi connectivity index (χ1) is 5.29. The summed E-state index contributed by atoms with van der Waals surface area (Å²) in [5.74, 6) is 0. The first-order valence-corrected chi connectivity index (χ1v) is 4.03. The Balaban J connectivity index is 2.25. The fraction of sp³-hybridized carbons (Fsp3) is 0.556. The average molecular weight is 152 g/mol. The van der Waals surface area contributed by atoms with E-state index in [0.29, 0.717) is 0 Å². The van der Waals surface area contributed by atoms with Crippen LogP contribution in [0.15, 0.2) is 23.9 Å². The number of dihydropyridines is 1. The van der Waals surface area contributed by atoms with Gasteiger partial charge in [-0.2, -0.15) is 0 Å². The Hall–Kier alpha value is -0.760. The summed E-state index contributed by atoms with van der Waals surface area (Å²) < 4.78 is 0. The predicted molar refractivity (Wildman–Crippen MR) is 48.4 cm³/mol.